The van der Waals surface area contributed by atoms with E-state index in [1.807, 2.05) is 12.1 Å². The van der Waals surface area contributed by atoms with Gasteiger partial charge in [0.25, 0.3) is 0 Å². The highest BCUT2D eigenvalue weighted by atomic mass is 16.5. The SMILES string of the molecule is COCc1cccc(CNCc2ccno2)c1. The van der Waals surface area contributed by atoms with E-state index in [1.54, 1.807) is 13.3 Å². The number of hydrogen-bond donors (Lipinski definition) is 1. The average Bonchev–Trinajstić information content (AvgIpc) is 2.83. The summed E-state index contributed by atoms with van der Waals surface area (Å²) in [7, 11) is 1.70. The fourth-order valence-electron chi connectivity index (χ4n) is 1.66. The van der Waals surface area contributed by atoms with Crippen molar-refractivity contribution in [2.24, 2.45) is 0 Å². The van der Waals surface area contributed by atoms with Gasteiger partial charge in [0.2, 0.25) is 0 Å². The summed E-state index contributed by atoms with van der Waals surface area (Å²) in [4.78, 5) is 0. The van der Waals surface area contributed by atoms with Crippen LogP contribution in [0.3, 0.4) is 0 Å². The van der Waals surface area contributed by atoms with E-state index in [2.05, 4.69) is 28.7 Å². The van der Waals surface area contributed by atoms with E-state index in [-0.39, 0.29) is 0 Å². The Morgan fingerprint density at radius 1 is 1.24 bits per heavy atom. The Labute approximate surface area is 101 Å². The second-order valence-corrected chi connectivity index (χ2v) is 3.84. The maximum Gasteiger partial charge on any atom is 0.150 e. The molecule has 2 rings (SSSR count). The molecule has 4 nitrogen and oxygen atoms in total. The Balaban J connectivity index is 1.84. The number of rotatable bonds is 6. The van der Waals surface area contributed by atoms with Crippen LogP contribution in [0.15, 0.2) is 41.1 Å². The highest BCUT2D eigenvalue weighted by Gasteiger charge is 1.98. The molecular formula is C13H16N2O2. The molecule has 0 bridgehead atoms. The van der Waals surface area contributed by atoms with Gasteiger partial charge in [-0.2, -0.15) is 0 Å². The van der Waals surface area contributed by atoms with Gasteiger partial charge in [0.1, 0.15) is 5.76 Å². The quantitative estimate of drug-likeness (QED) is 0.828. The lowest BCUT2D eigenvalue weighted by molar-refractivity contribution is 0.185. The molecule has 0 saturated carbocycles. The van der Waals surface area contributed by atoms with Crippen LogP contribution in [0.4, 0.5) is 0 Å². The van der Waals surface area contributed by atoms with Crippen LogP contribution in [0.25, 0.3) is 0 Å². The summed E-state index contributed by atoms with van der Waals surface area (Å²) in [5.74, 6) is 0.845. The molecule has 0 amide bonds. The van der Waals surface area contributed by atoms with Gasteiger partial charge >= 0.3 is 0 Å². The standard InChI is InChI=1S/C13H16N2O2/c1-16-10-12-4-2-3-11(7-12)8-14-9-13-5-6-15-17-13/h2-7,14H,8-10H2,1H3. The summed E-state index contributed by atoms with van der Waals surface area (Å²) < 4.78 is 10.1. The molecule has 90 valence electrons. The summed E-state index contributed by atoms with van der Waals surface area (Å²) in [6.45, 7) is 2.14. The fraction of sp³-hybridized carbons (Fsp3) is 0.308. The predicted molar refractivity (Wildman–Crippen MR) is 64.2 cm³/mol. The number of nitrogens with zero attached hydrogens (tertiary/aromatic N) is 1. The zero-order valence-corrected chi connectivity index (χ0v) is 9.85. The van der Waals surface area contributed by atoms with Crippen molar-refractivity contribution in [3.05, 3.63) is 53.4 Å². The molecule has 0 aliphatic rings. The van der Waals surface area contributed by atoms with Crippen LogP contribution in [0.2, 0.25) is 0 Å². The molecule has 1 heterocycles. The minimum atomic E-state index is 0.649. The minimum Gasteiger partial charge on any atom is -0.380 e. The molecule has 0 atom stereocenters. The van der Waals surface area contributed by atoms with Gasteiger partial charge in [-0.25, -0.2) is 0 Å². The van der Waals surface area contributed by atoms with E-state index >= 15 is 0 Å². The van der Waals surface area contributed by atoms with E-state index in [4.69, 9.17) is 9.26 Å². The van der Waals surface area contributed by atoms with Gasteiger partial charge in [0.15, 0.2) is 0 Å². The zero-order chi connectivity index (χ0) is 11.9. The van der Waals surface area contributed by atoms with E-state index in [1.165, 1.54) is 11.1 Å². The summed E-state index contributed by atoms with van der Waals surface area (Å²) in [5, 5.41) is 6.95. The Bertz CT molecular complexity index is 440. The van der Waals surface area contributed by atoms with Gasteiger partial charge in [0.05, 0.1) is 19.3 Å². The molecule has 1 aromatic carbocycles. The molecule has 17 heavy (non-hydrogen) atoms. The molecule has 0 aliphatic heterocycles. The van der Waals surface area contributed by atoms with Crippen LogP contribution >= 0.6 is 0 Å². The average molecular weight is 232 g/mol. The monoisotopic (exact) mass is 232 g/mol. The molecule has 4 heteroatoms. The van der Waals surface area contributed by atoms with Crippen molar-refractivity contribution in [3.63, 3.8) is 0 Å². The van der Waals surface area contributed by atoms with E-state index in [0.717, 1.165) is 12.3 Å². The van der Waals surface area contributed by atoms with Crippen LogP contribution in [0, 0.1) is 0 Å². The van der Waals surface area contributed by atoms with Crippen molar-refractivity contribution in [1.29, 1.82) is 0 Å². The molecular weight excluding hydrogens is 216 g/mol. The van der Waals surface area contributed by atoms with Crippen molar-refractivity contribution >= 4 is 0 Å². The van der Waals surface area contributed by atoms with Crippen molar-refractivity contribution in [3.8, 4) is 0 Å². The molecule has 0 saturated heterocycles. The third-order valence-corrected chi connectivity index (χ3v) is 2.42. The Kier molecular flexibility index (Phi) is 4.30. The van der Waals surface area contributed by atoms with Gasteiger partial charge in [-0.1, -0.05) is 29.4 Å². The highest BCUT2D eigenvalue weighted by molar-refractivity contribution is 5.22. The van der Waals surface area contributed by atoms with Crippen LogP contribution in [0.5, 0.6) is 0 Å². The van der Waals surface area contributed by atoms with Crippen LogP contribution in [-0.2, 0) is 24.4 Å². The fourth-order valence-corrected chi connectivity index (χ4v) is 1.66. The van der Waals surface area contributed by atoms with E-state index in [9.17, 15) is 0 Å². The lowest BCUT2D eigenvalue weighted by Crippen LogP contribution is -2.12. The zero-order valence-electron chi connectivity index (χ0n) is 9.85. The van der Waals surface area contributed by atoms with Gasteiger partial charge in [-0.05, 0) is 11.1 Å². The van der Waals surface area contributed by atoms with E-state index in [0.29, 0.717) is 13.2 Å². The summed E-state index contributed by atoms with van der Waals surface area (Å²) in [6.07, 6.45) is 1.65. The predicted octanol–water partition coefficient (Wildman–Crippen LogP) is 2.11. The molecule has 2 aromatic rings. The number of methoxy groups -OCH3 is 1. The smallest absolute Gasteiger partial charge is 0.150 e. The van der Waals surface area contributed by atoms with Crippen LogP contribution in [-0.4, -0.2) is 12.3 Å². The molecule has 1 N–H and O–H groups in total. The minimum absolute atomic E-state index is 0.649. The maximum atomic E-state index is 5.10. The summed E-state index contributed by atoms with van der Waals surface area (Å²) in [6, 6.07) is 10.2. The van der Waals surface area contributed by atoms with Crippen molar-refractivity contribution in [2.45, 2.75) is 19.7 Å². The van der Waals surface area contributed by atoms with Gasteiger partial charge < -0.3 is 14.6 Å². The first kappa shape index (κ1) is 11.8. The lowest BCUT2D eigenvalue weighted by Gasteiger charge is -2.05. The third kappa shape index (κ3) is 3.69. The molecule has 0 fully saturated rings. The third-order valence-electron chi connectivity index (χ3n) is 2.42. The van der Waals surface area contributed by atoms with Gasteiger partial charge in [-0.15, -0.1) is 0 Å². The number of aromatic nitrogens is 1. The summed E-state index contributed by atoms with van der Waals surface area (Å²) >= 11 is 0. The first-order valence-electron chi connectivity index (χ1n) is 5.55. The number of benzene rings is 1. The molecule has 0 spiro atoms. The number of hydrogen-bond acceptors (Lipinski definition) is 4. The van der Waals surface area contributed by atoms with E-state index < -0.39 is 0 Å². The Morgan fingerprint density at radius 3 is 2.88 bits per heavy atom. The van der Waals surface area contributed by atoms with Crippen molar-refractivity contribution in [1.82, 2.24) is 10.5 Å². The van der Waals surface area contributed by atoms with Gasteiger partial charge in [-0.3, -0.25) is 0 Å². The second-order valence-electron chi connectivity index (χ2n) is 3.84. The van der Waals surface area contributed by atoms with Gasteiger partial charge in [0, 0.05) is 19.7 Å². The molecule has 0 unspecified atom stereocenters. The van der Waals surface area contributed by atoms with Crippen LogP contribution in [0.1, 0.15) is 16.9 Å². The Morgan fingerprint density at radius 2 is 2.12 bits per heavy atom. The first-order valence-corrected chi connectivity index (χ1v) is 5.55. The molecule has 0 radical (unpaired) electrons. The largest absolute Gasteiger partial charge is 0.380 e. The lowest BCUT2D eigenvalue weighted by atomic mass is 10.1. The normalized spacial score (nSPS) is 10.6. The van der Waals surface area contributed by atoms with Crippen LogP contribution < -0.4 is 5.32 Å². The first-order chi connectivity index (χ1) is 8.38. The maximum absolute atomic E-state index is 5.10. The topological polar surface area (TPSA) is 47.3 Å². The Hall–Kier alpha value is -1.65. The number of nitrogens with one attached hydrogen (secondary N) is 1. The molecule has 1 aromatic heterocycles. The summed E-state index contributed by atoms with van der Waals surface area (Å²) in [5.41, 5.74) is 2.42. The number of ether oxygens (including phenoxy) is 1. The second kappa shape index (κ2) is 6.18. The highest BCUT2D eigenvalue weighted by Crippen LogP contribution is 2.06. The van der Waals surface area contributed by atoms with Crippen molar-refractivity contribution in [2.75, 3.05) is 7.11 Å². The molecule has 0 aliphatic carbocycles. The van der Waals surface area contributed by atoms with Crippen molar-refractivity contribution < 1.29 is 9.26 Å².